The summed E-state index contributed by atoms with van der Waals surface area (Å²) in [6.07, 6.45) is 1.86. The Morgan fingerprint density at radius 3 is 2.50 bits per heavy atom. The van der Waals surface area contributed by atoms with Crippen LogP contribution in [0.3, 0.4) is 0 Å². The second kappa shape index (κ2) is 4.98. The van der Waals surface area contributed by atoms with Gasteiger partial charge in [0.05, 0.1) is 11.1 Å². The van der Waals surface area contributed by atoms with Crippen LogP contribution in [-0.2, 0) is 0 Å². The summed E-state index contributed by atoms with van der Waals surface area (Å²) in [5, 5.41) is 1.01. The van der Waals surface area contributed by atoms with Crippen LogP contribution in [0.1, 0.15) is 25.5 Å². The average Bonchev–Trinajstić information content (AvgIpc) is 2.80. The molecule has 0 bridgehead atoms. The molecule has 3 nitrogen and oxygen atoms in total. The Bertz CT molecular complexity index is 763. The van der Waals surface area contributed by atoms with E-state index in [9.17, 15) is 4.39 Å². The van der Waals surface area contributed by atoms with Crippen molar-refractivity contribution < 1.29 is 4.39 Å². The standard InChI is InChI=1S/C15H13BrFN3/c1-8(2)13-12-11(16)7-18-15(12)20-14(19-13)9-3-5-10(17)6-4-9/h3-8H,1-2H3,(H,18,19,20). The van der Waals surface area contributed by atoms with Crippen molar-refractivity contribution >= 4 is 27.0 Å². The lowest BCUT2D eigenvalue weighted by atomic mass is 10.1. The Hall–Kier alpha value is -1.75. The molecule has 20 heavy (non-hydrogen) atoms. The number of aromatic nitrogens is 3. The highest BCUT2D eigenvalue weighted by Gasteiger charge is 2.15. The van der Waals surface area contributed by atoms with Gasteiger partial charge in [-0.05, 0) is 46.1 Å². The molecule has 1 N–H and O–H groups in total. The minimum absolute atomic E-state index is 0.262. The fourth-order valence-corrected chi connectivity index (χ4v) is 2.67. The minimum atomic E-state index is -0.262. The lowest BCUT2D eigenvalue weighted by molar-refractivity contribution is 0.628. The van der Waals surface area contributed by atoms with E-state index in [2.05, 4.69) is 44.7 Å². The van der Waals surface area contributed by atoms with Gasteiger partial charge in [0.25, 0.3) is 0 Å². The second-order valence-electron chi connectivity index (χ2n) is 4.95. The smallest absolute Gasteiger partial charge is 0.161 e. The maximum Gasteiger partial charge on any atom is 0.161 e. The number of H-pyrrole nitrogens is 1. The van der Waals surface area contributed by atoms with Crippen LogP contribution in [0.5, 0.6) is 0 Å². The van der Waals surface area contributed by atoms with Crippen molar-refractivity contribution in [3.8, 4) is 11.4 Å². The maximum absolute atomic E-state index is 13.0. The Labute approximate surface area is 124 Å². The zero-order valence-corrected chi connectivity index (χ0v) is 12.7. The molecule has 5 heteroatoms. The van der Waals surface area contributed by atoms with Gasteiger partial charge in [0.15, 0.2) is 5.82 Å². The first-order valence-electron chi connectivity index (χ1n) is 6.36. The molecule has 2 aromatic heterocycles. The van der Waals surface area contributed by atoms with Crippen LogP contribution in [0.25, 0.3) is 22.4 Å². The second-order valence-corrected chi connectivity index (χ2v) is 5.81. The van der Waals surface area contributed by atoms with Gasteiger partial charge < -0.3 is 4.98 Å². The summed E-state index contributed by atoms with van der Waals surface area (Å²) in [6.45, 7) is 4.19. The summed E-state index contributed by atoms with van der Waals surface area (Å²) in [7, 11) is 0. The van der Waals surface area contributed by atoms with Crippen LogP contribution in [0, 0.1) is 5.82 Å². The van der Waals surface area contributed by atoms with Crippen LogP contribution in [0.15, 0.2) is 34.9 Å². The summed E-state index contributed by atoms with van der Waals surface area (Å²) in [6, 6.07) is 6.22. The van der Waals surface area contributed by atoms with Gasteiger partial charge in [0.2, 0.25) is 0 Å². The molecule has 3 rings (SSSR count). The number of hydrogen-bond acceptors (Lipinski definition) is 2. The van der Waals surface area contributed by atoms with Crippen LogP contribution in [-0.4, -0.2) is 15.0 Å². The van der Waals surface area contributed by atoms with E-state index < -0.39 is 0 Å². The number of benzene rings is 1. The van der Waals surface area contributed by atoms with Gasteiger partial charge in [-0.25, -0.2) is 14.4 Å². The first-order chi connectivity index (χ1) is 9.56. The Kier molecular flexibility index (Phi) is 3.30. The lowest BCUT2D eigenvalue weighted by Gasteiger charge is -2.09. The molecule has 0 atom stereocenters. The molecule has 102 valence electrons. The highest BCUT2D eigenvalue weighted by molar-refractivity contribution is 9.10. The third kappa shape index (κ3) is 2.22. The largest absolute Gasteiger partial charge is 0.345 e. The SMILES string of the molecule is CC(C)c1nc(-c2ccc(F)cc2)nc2[nH]cc(Br)c12. The van der Waals surface area contributed by atoms with Crippen LogP contribution >= 0.6 is 15.9 Å². The normalized spacial score (nSPS) is 11.4. The molecule has 2 heterocycles. The zero-order chi connectivity index (χ0) is 14.3. The van der Waals surface area contributed by atoms with Gasteiger partial charge in [-0.1, -0.05) is 13.8 Å². The Morgan fingerprint density at radius 2 is 1.85 bits per heavy atom. The summed E-state index contributed by atoms with van der Waals surface area (Å²) in [5.74, 6) is 0.615. The number of hydrogen-bond donors (Lipinski definition) is 1. The molecule has 0 radical (unpaired) electrons. The molecular weight excluding hydrogens is 321 g/mol. The lowest BCUT2D eigenvalue weighted by Crippen LogP contribution is -1.99. The van der Waals surface area contributed by atoms with E-state index in [4.69, 9.17) is 0 Å². The minimum Gasteiger partial charge on any atom is -0.345 e. The third-order valence-electron chi connectivity index (χ3n) is 3.16. The van der Waals surface area contributed by atoms with E-state index in [0.29, 0.717) is 5.82 Å². The predicted octanol–water partition coefficient (Wildman–Crippen LogP) is 4.65. The maximum atomic E-state index is 13.0. The average molecular weight is 334 g/mol. The van der Waals surface area contributed by atoms with Crippen molar-refractivity contribution in [1.82, 2.24) is 15.0 Å². The molecule has 0 unspecified atom stereocenters. The highest BCUT2D eigenvalue weighted by Crippen LogP contribution is 2.31. The van der Waals surface area contributed by atoms with Crippen LogP contribution in [0.2, 0.25) is 0 Å². The number of halogens is 2. The fourth-order valence-electron chi connectivity index (χ4n) is 2.17. The van der Waals surface area contributed by atoms with Crippen molar-refractivity contribution in [1.29, 1.82) is 0 Å². The first-order valence-corrected chi connectivity index (χ1v) is 7.16. The molecule has 0 aliphatic carbocycles. The van der Waals surface area contributed by atoms with Crippen LogP contribution < -0.4 is 0 Å². The van der Waals surface area contributed by atoms with Gasteiger partial charge in [-0.3, -0.25) is 0 Å². The number of rotatable bonds is 2. The molecule has 0 amide bonds. The summed E-state index contributed by atoms with van der Waals surface area (Å²) >= 11 is 3.52. The topological polar surface area (TPSA) is 41.6 Å². The summed E-state index contributed by atoms with van der Waals surface area (Å²) in [4.78, 5) is 12.3. The summed E-state index contributed by atoms with van der Waals surface area (Å²) < 4.78 is 14.0. The van der Waals surface area contributed by atoms with E-state index in [1.54, 1.807) is 12.1 Å². The number of nitrogens with zero attached hydrogens (tertiary/aromatic N) is 2. The van der Waals surface area contributed by atoms with E-state index in [-0.39, 0.29) is 11.7 Å². The fraction of sp³-hybridized carbons (Fsp3) is 0.200. The molecule has 0 aliphatic heterocycles. The van der Waals surface area contributed by atoms with E-state index in [1.165, 1.54) is 12.1 Å². The molecule has 0 spiro atoms. The van der Waals surface area contributed by atoms with Crippen molar-refractivity contribution in [2.75, 3.05) is 0 Å². The third-order valence-corrected chi connectivity index (χ3v) is 3.79. The van der Waals surface area contributed by atoms with Crippen molar-refractivity contribution in [3.63, 3.8) is 0 Å². The van der Waals surface area contributed by atoms with Crippen molar-refractivity contribution in [3.05, 3.63) is 46.4 Å². The number of aromatic amines is 1. The zero-order valence-electron chi connectivity index (χ0n) is 11.1. The first kappa shape index (κ1) is 13.2. The highest BCUT2D eigenvalue weighted by atomic mass is 79.9. The Morgan fingerprint density at radius 1 is 1.15 bits per heavy atom. The predicted molar refractivity (Wildman–Crippen MR) is 81.1 cm³/mol. The Balaban J connectivity index is 2.25. The molecular formula is C15H13BrFN3. The van der Waals surface area contributed by atoms with Gasteiger partial charge >= 0.3 is 0 Å². The molecule has 0 saturated heterocycles. The molecule has 3 aromatic rings. The van der Waals surface area contributed by atoms with Gasteiger partial charge in [0.1, 0.15) is 11.5 Å². The van der Waals surface area contributed by atoms with E-state index in [1.807, 2.05) is 6.20 Å². The number of fused-ring (bicyclic) bond motifs is 1. The van der Waals surface area contributed by atoms with Gasteiger partial charge in [0, 0.05) is 16.2 Å². The van der Waals surface area contributed by atoms with Crippen molar-refractivity contribution in [2.45, 2.75) is 19.8 Å². The van der Waals surface area contributed by atoms with Gasteiger partial charge in [-0.2, -0.15) is 0 Å². The molecule has 1 aromatic carbocycles. The molecule has 0 fully saturated rings. The molecule has 0 saturated carbocycles. The monoisotopic (exact) mass is 333 g/mol. The summed E-state index contributed by atoms with van der Waals surface area (Å²) in [5.41, 5.74) is 2.57. The quantitative estimate of drug-likeness (QED) is 0.741. The van der Waals surface area contributed by atoms with Gasteiger partial charge in [-0.15, -0.1) is 0 Å². The number of nitrogens with one attached hydrogen (secondary N) is 1. The van der Waals surface area contributed by atoms with Crippen LogP contribution in [0.4, 0.5) is 4.39 Å². The molecule has 0 aliphatic rings. The van der Waals surface area contributed by atoms with E-state index >= 15 is 0 Å². The van der Waals surface area contributed by atoms with Crippen molar-refractivity contribution in [2.24, 2.45) is 0 Å². The van der Waals surface area contributed by atoms with E-state index in [0.717, 1.165) is 26.8 Å².